The second-order valence-electron chi connectivity index (χ2n) is 6.38. The van der Waals surface area contributed by atoms with E-state index in [1.54, 1.807) is 11.3 Å². The van der Waals surface area contributed by atoms with E-state index in [-0.39, 0.29) is 12.7 Å². The molecule has 1 fully saturated rings. The zero-order valence-electron chi connectivity index (χ0n) is 13.5. The van der Waals surface area contributed by atoms with Gasteiger partial charge in [0.25, 0.3) is 5.91 Å². The van der Waals surface area contributed by atoms with Crippen LogP contribution in [0.3, 0.4) is 0 Å². The molecule has 1 atom stereocenters. The van der Waals surface area contributed by atoms with Crippen molar-refractivity contribution in [1.82, 2.24) is 9.88 Å². The topological polar surface area (TPSA) is 51.7 Å². The van der Waals surface area contributed by atoms with Gasteiger partial charge in [0.2, 0.25) is 6.79 Å². The number of thiazole rings is 1. The molecule has 5 rings (SSSR count). The molecule has 6 heteroatoms. The van der Waals surface area contributed by atoms with Crippen LogP contribution in [0.25, 0.3) is 10.2 Å². The van der Waals surface area contributed by atoms with Crippen LogP contribution in [0.1, 0.15) is 28.3 Å². The molecular formula is C19H16N2O3S. The number of nitrogens with zero attached hydrogens (tertiary/aromatic N) is 2. The molecule has 0 radical (unpaired) electrons. The monoisotopic (exact) mass is 352 g/mol. The van der Waals surface area contributed by atoms with Crippen LogP contribution in [0.4, 0.5) is 0 Å². The van der Waals surface area contributed by atoms with Gasteiger partial charge < -0.3 is 14.4 Å². The van der Waals surface area contributed by atoms with Crippen molar-refractivity contribution >= 4 is 27.5 Å². The van der Waals surface area contributed by atoms with Gasteiger partial charge in [0.1, 0.15) is 0 Å². The first kappa shape index (κ1) is 14.7. The van der Waals surface area contributed by atoms with Crippen LogP contribution in [-0.4, -0.2) is 35.7 Å². The average Bonchev–Trinajstić information content (AvgIpc) is 3.39. The van der Waals surface area contributed by atoms with E-state index in [1.807, 2.05) is 40.7 Å². The van der Waals surface area contributed by atoms with Gasteiger partial charge in [-0.05, 0) is 42.3 Å². The number of amides is 1. The minimum absolute atomic E-state index is 0.0959. The number of hydrogen-bond acceptors (Lipinski definition) is 5. The van der Waals surface area contributed by atoms with Crippen molar-refractivity contribution < 1.29 is 14.3 Å². The summed E-state index contributed by atoms with van der Waals surface area (Å²) < 4.78 is 11.9. The molecule has 1 unspecified atom stereocenters. The molecular weight excluding hydrogens is 336 g/mol. The van der Waals surface area contributed by atoms with Crippen molar-refractivity contribution in [2.75, 3.05) is 19.9 Å². The predicted octanol–water partition coefficient (Wildman–Crippen LogP) is 3.65. The first-order chi connectivity index (χ1) is 12.3. The van der Waals surface area contributed by atoms with E-state index in [9.17, 15) is 4.79 Å². The van der Waals surface area contributed by atoms with Crippen molar-refractivity contribution in [2.24, 2.45) is 0 Å². The van der Waals surface area contributed by atoms with Crippen molar-refractivity contribution in [3.63, 3.8) is 0 Å². The van der Waals surface area contributed by atoms with Crippen molar-refractivity contribution in [1.29, 1.82) is 0 Å². The molecule has 3 heterocycles. The van der Waals surface area contributed by atoms with Gasteiger partial charge in [-0.3, -0.25) is 4.79 Å². The lowest BCUT2D eigenvalue weighted by Gasteiger charge is -2.17. The Labute approximate surface area is 148 Å². The molecule has 0 aliphatic carbocycles. The first-order valence-corrected chi connectivity index (χ1v) is 9.18. The fraction of sp³-hybridized carbons (Fsp3) is 0.263. The molecule has 126 valence electrons. The molecule has 2 aromatic carbocycles. The van der Waals surface area contributed by atoms with E-state index >= 15 is 0 Å². The smallest absolute Gasteiger partial charge is 0.253 e. The lowest BCUT2D eigenvalue weighted by molar-refractivity contribution is 0.0791. The second kappa shape index (κ2) is 5.74. The largest absolute Gasteiger partial charge is 0.454 e. The number of rotatable bonds is 2. The van der Waals surface area contributed by atoms with E-state index in [1.165, 1.54) is 5.56 Å². The summed E-state index contributed by atoms with van der Waals surface area (Å²) in [6, 6.07) is 11.8. The average molecular weight is 352 g/mol. The SMILES string of the molecule is O=C(c1ccc2ncsc2c1)N1CCC(c2ccc3c(c2)OCO3)C1. The maximum Gasteiger partial charge on any atom is 0.253 e. The fourth-order valence-corrected chi connectivity index (χ4v) is 4.27. The second-order valence-corrected chi connectivity index (χ2v) is 7.27. The number of carbonyl (C=O) groups is 1. The number of aromatic nitrogens is 1. The van der Waals surface area contributed by atoms with Crippen molar-refractivity contribution in [3.05, 3.63) is 53.0 Å². The number of fused-ring (bicyclic) bond motifs is 2. The normalized spacial score (nSPS) is 18.9. The van der Waals surface area contributed by atoms with Crippen LogP contribution in [-0.2, 0) is 0 Å². The van der Waals surface area contributed by atoms with Gasteiger partial charge in [-0.15, -0.1) is 11.3 Å². The van der Waals surface area contributed by atoms with Gasteiger partial charge in [0.05, 0.1) is 15.7 Å². The quantitative estimate of drug-likeness (QED) is 0.706. The summed E-state index contributed by atoms with van der Waals surface area (Å²) in [6.45, 7) is 1.80. The Balaban J connectivity index is 1.35. The van der Waals surface area contributed by atoms with Crippen molar-refractivity contribution in [3.8, 4) is 11.5 Å². The van der Waals surface area contributed by atoms with E-state index in [4.69, 9.17) is 9.47 Å². The van der Waals surface area contributed by atoms with Crippen LogP contribution in [0.5, 0.6) is 11.5 Å². The zero-order valence-corrected chi connectivity index (χ0v) is 14.3. The highest BCUT2D eigenvalue weighted by Gasteiger charge is 2.29. The molecule has 3 aromatic rings. The molecule has 0 N–H and O–H groups in total. The summed E-state index contributed by atoms with van der Waals surface area (Å²) in [5, 5.41) is 0. The molecule has 1 amide bonds. The number of hydrogen-bond donors (Lipinski definition) is 0. The summed E-state index contributed by atoms with van der Waals surface area (Å²) >= 11 is 1.56. The highest BCUT2D eigenvalue weighted by molar-refractivity contribution is 7.16. The molecule has 25 heavy (non-hydrogen) atoms. The Hall–Kier alpha value is -2.60. The maximum atomic E-state index is 12.8. The first-order valence-electron chi connectivity index (χ1n) is 8.30. The van der Waals surface area contributed by atoms with Crippen molar-refractivity contribution in [2.45, 2.75) is 12.3 Å². The molecule has 0 saturated carbocycles. The minimum Gasteiger partial charge on any atom is -0.454 e. The molecule has 1 aromatic heterocycles. The third-order valence-corrected chi connectivity index (χ3v) is 5.71. The summed E-state index contributed by atoms with van der Waals surface area (Å²) in [6.07, 6.45) is 0.966. The Bertz CT molecular complexity index is 968. The zero-order chi connectivity index (χ0) is 16.8. The highest BCUT2D eigenvalue weighted by atomic mass is 32.1. The molecule has 5 nitrogen and oxygen atoms in total. The Kier molecular flexibility index (Phi) is 3.38. The Morgan fingerprint density at radius 2 is 2.08 bits per heavy atom. The number of benzene rings is 2. The van der Waals surface area contributed by atoms with Gasteiger partial charge in [-0.25, -0.2) is 4.98 Å². The highest BCUT2D eigenvalue weighted by Crippen LogP contribution is 2.37. The molecule has 1 saturated heterocycles. The van der Waals surface area contributed by atoms with Crippen LogP contribution >= 0.6 is 11.3 Å². The van der Waals surface area contributed by atoms with Crippen LogP contribution in [0.2, 0.25) is 0 Å². The molecule has 2 aliphatic heterocycles. The summed E-state index contributed by atoms with van der Waals surface area (Å²) in [5.41, 5.74) is 4.70. The third kappa shape index (κ3) is 2.53. The number of carbonyl (C=O) groups excluding carboxylic acids is 1. The summed E-state index contributed by atoms with van der Waals surface area (Å²) in [5.74, 6) is 2.04. The van der Waals surface area contributed by atoms with E-state index < -0.39 is 0 Å². The van der Waals surface area contributed by atoms with Gasteiger partial charge in [-0.2, -0.15) is 0 Å². The molecule has 0 spiro atoms. The van der Waals surface area contributed by atoms with Gasteiger partial charge in [-0.1, -0.05) is 6.07 Å². The van der Waals surface area contributed by atoms with E-state index in [2.05, 4.69) is 11.1 Å². The van der Waals surface area contributed by atoms with Crippen LogP contribution < -0.4 is 9.47 Å². The number of ether oxygens (including phenoxy) is 2. The Morgan fingerprint density at radius 3 is 3.04 bits per heavy atom. The van der Waals surface area contributed by atoms with Gasteiger partial charge >= 0.3 is 0 Å². The van der Waals surface area contributed by atoms with E-state index in [0.29, 0.717) is 5.92 Å². The molecule has 0 bridgehead atoms. The molecule has 2 aliphatic rings. The number of likely N-dealkylation sites (tertiary alicyclic amines) is 1. The third-order valence-electron chi connectivity index (χ3n) is 4.92. The maximum absolute atomic E-state index is 12.8. The van der Waals surface area contributed by atoms with Crippen LogP contribution in [0, 0.1) is 0 Å². The fourth-order valence-electron chi connectivity index (χ4n) is 3.55. The lowest BCUT2D eigenvalue weighted by Crippen LogP contribution is -2.28. The Morgan fingerprint density at radius 1 is 1.16 bits per heavy atom. The van der Waals surface area contributed by atoms with Gasteiger partial charge in [0.15, 0.2) is 11.5 Å². The summed E-state index contributed by atoms with van der Waals surface area (Å²) in [4.78, 5) is 19.1. The standard InChI is InChI=1S/C19H16N2O3S/c22-19(13-1-3-15-18(8-13)25-10-20-15)21-6-5-14(9-21)12-2-4-16-17(7-12)24-11-23-16/h1-4,7-8,10,14H,5-6,9,11H2. The van der Waals surface area contributed by atoms with Gasteiger partial charge in [0, 0.05) is 24.6 Å². The lowest BCUT2D eigenvalue weighted by atomic mass is 9.98. The summed E-state index contributed by atoms with van der Waals surface area (Å²) in [7, 11) is 0. The predicted molar refractivity (Wildman–Crippen MR) is 95.4 cm³/mol. The minimum atomic E-state index is 0.0959. The van der Waals surface area contributed by atoms with E-state index in [0.717, 1.165) is 46.8 Å². The van der Waals surface area contributed by atoms with Crippen LogP contribution in [0.15, 0.2) is 41.9 Å².